The average Bonchev–Trinajstić information content (AvgIpc) is 3.52. The van der Waals surface area contributed by atoms with Crippen molar-refractivity contribution < 1.29 is 0 Å². The third kappa shape index (κ3) is 3.31. The van der Waals surface area contributed by atoms with E-state index in [4.69, 9.17) is 4.99 Å². The minimum Gasteiger partial charge on any atom is -0.316 e. The number of aliphatic imine (C=N–C) groups is 1. The molecule has 1 aliphatic rings. The number of para-hydroxylation sites is 1. The van der Waals surface area contributed by atoms with Crippen molar-refractivity contribution in [1.82, 2.24) is 9.13 Å². The molecule has 0 saturated heterocycles. The first kappa shape index (κ1) is 21.6. The molecule has 0 N–H and O–H groups in total. The minimum absolute atomic E-state index is 0.905. The molecule has 3 heterocycles. The van der Waals surface area contributed by atoms with Gasteiger partial charge in [0, 0.05) is 39.1 Å². The molecule has 0 aliphatic carbocycles. The van der Waals surface area contributed by atoms with Gasteiger partial charge in [-0.15, -0.1) is 0 Å². The van der Waals surface area contributed by atoms with E-state index >= 15 is 0 Å². The van der Waals surface area contributed by atoms with Crippen LogP contribution in [0.4, 0.5) is 0 Å². The Kier molecular flexibility index (Phi) is 4.97. The van der Waals surface area contributed by atoms with E-state index in [0.717, 1.165) is 29.9 Å². The smallest absolute Gasteiger partial charge is 0.133 e. The highest BCUT2D eigenvalue weighted by Crippen LogP contribution is 2.43. The lowest BCUT2D eigenvalue weighted by atomic mass is 10.0. The van der Waals surface area contributed by atoms with Crippen LogP contribution in [0.5, 0.6) is 0 Å². The number of nitrogens with zero attached hydrogens (tertiary/aromatic N) is 3. The number of rotatable bonds is 5. The van der Waals surface area contributed by atoms with Crippen molar-refractivity contribution in [2.75, 3.05) is 0 Å². The molecule has 3 heteroatoms. The standard InChI is InChI=1S/C34H27N3/c1-3-4-6-11-23(2)28-15-10-17-31(35-28)37-29-16-9-12-24-18-19-27-33(32(24)29)30(37)22-25-20-21-36(34(25)27)26-13-7-5-8-14-26/h3-9,11-14,16-22H,2,10,15H2,1H3/b4-3-,11-6-. The molecule has 4 aromatic carbocycles. The molecule has 6 aromatic rings. The van der Waals surface area contributed by atoms with Gasteiger partial charge in [-0.3, -0.25) is 4.57 Å². The molecule has 0 spiro atoms. The number of allylic oxidation sites excluding steroid dienone is 6. The Bertz CT molecular complexity index is 1940. The zero-order valence-corrected chi connectivity index (χ0v) is 20.9. The Balaban J connectivity index is 1.51. The second-order valence-corrected chi connectivity index (χ2v) is 9.62. The number of benzene rings is 4. The summed E-state index contributed by atoms with van der Waals surface area (Å²) in [6, 6.07) is 26.3. The first-order valence-corrected chi connectivity index (χ1v) is 12.9. The lowest BCUT2D eigenvalue weighted by molar-refractivity contribution is 1.02. The van der Waals surface area contributed by atoms with Crippen LogP contribution < -0.4 is 0 Å². The fourth-order valence-corrected chi connectivity index (χ4v) is 5.77. The van der Waals surface area contributed by atoms with Crippen molar-refractivity contribution in [3.8, 4) is 5.69 Å². The predicted molar refractivity (Wildman–Crippen MR) is 159 cm³/mol. The van der Waals surface area contributed by atoms with Crippen molar-refractivity contribution in [3.63, 3.8) is 0 Å². The highest BCUT2D eigenvalue weighted by atomic mass is 15.1. The molecule has 7 rings (SSSR count). The minimum atomic E-state index is 0.905. The van der Waals surface area contributed by atoms with Gasteiger partial charge >= 0.3 is 0 Å². The van der Waals surface area contributed by atoms with E-state index in [0.29, 0.717) is 0 Å². The van der Waals surface area contributed by atoms with E-state index in [1.807, 2.05) is 25.2 Å². The number of fused-ring (bicyclic) bond motifs is 2. The fraction of sp³-hybridized carbons (Fsp3) is 0.0882. The Hall–Kier alpha value is -4.63. The van der Waals surface area contributed by atoms with Crippen LogP contribution in [0.15, 0.2) is 127 Å². The van der Waals surface area contributed by atoms with E-state index in [1.165, 1.54) is 49.2 Å². The van der Waals surface area contributed by atoms with Crippen LogP contribution in [0, 0.1) is 0 Å². The molecular formula is C34H27N3. The van der Waals surface area contributed by atoms with E-state index in [1.54, 1.807) is 0 Å². The first-order valence-electron chi connectivity index (χ1n) is 12.9. The van der Waals surface area contributed by atoms with Crippen LogP contribution in [0.2, 0.25) is 0 Å². The van der Waals surface area contributed by atoms with Crippen LogP contribution in [0.25, 0.3) is 55.0 Å². The molecule has 0 atom stereocenters. The second-order valence-electron chi connectivity index (χ2n) is 9.62. The Morgan fingerprint density at radius 2 is 1.78 bits per heavy atom. The van der Waals surface area contributed by atoms with Gasteiger partial charge in [-0.05, 0) is 67.1 Å². The monoisotopic (exact) mass is 477 g/mol. The predicted octanol–water partition coefficient (Wildman–Crippen LogP) is 9.05. The van der Waals surface area contributed by atoms with Crippen LogP contribution in [-0.2, 0) is 0 Å². The van der Waals surface area contributed by atoms with Crippen molar-refractivity contribution in [2.24, 2.45) is 4.99 Å². The molecule has 3 nitrogen and oxygen atoms in total. The first-order chi connectivity index (χ1) is 18.2. The van der Waals surface area contributed by atoms with Gasteiger partial charge in [0.2, 0.25) is 0 Å². The van der Waals surface area contributed by atoms with Gasteiger partial charge < -0.3 is 4.57 Å². The summed E-state index contributed by atoms with van der Waals surface area (Å²) in [5, 5.41) is 6.34. The maximum atomic E-state index is 5.16. The summed E-state index contributed by atoms with van der Waals surface area (Å²) < 4.78 is 4.66. The van der Waals surface area contributed by atoms with Crippen molar-refractivity contribution in [2.45, 2.75) is 19.8 Å². The third-order valence-corrected chi connectivity index (χ3v) is 7.42. The van der Waals surface area contributed by atoms with Gasteiger partial charge in [0.25, 0.3) is 0 Å². The highest BCUT2D eigenvalue weighted by molar-refractivity contribution is 6.30. The van der Waals surface area contributed by atoms with Gasteiger partial charge in [0.05, 0.1) is 16.6 Å². The molecule has 178 valence electrons. The lowest BCUT2D eigenvalue weighted by Crippen LogP contribution is -2.07. The number of hydrogen-bond acceptors (Lipinski definition) is 1. The molecular weight excluding hydrogens is 450 g/mol. The summed E-state index contributed by atoms with van der Waals surface area (Å²) in [4.78, 5) is 5.16. The second kappa shape index (κ2) is 8.49. The Morgan fingerprint density at radius 1 is 0.892 bits per heavy atom. The van der Waals surface area contributed by atoms with Gasteiger partial charge in [0.1, 0.15) is 5.82 Å². The summed E-state index contributed by atoms with van der Waals surface area (Å²) in [6.07, 6.45) is 14.4. The maximum Gasteiger partial charge on any atom is 0.133 e. The van der Waals surface area contributed by atoms with Crippen LogP contribution in [0.3, 0.4) is 0 Å². The quantitative estimate of drug-likeness (QED) is 0.175. The molecule has 0 saturated carbocycles. The lowest BCUT2D eigenvalue weighted by Gasteiger charge is -2.16. The number of hydrogen-bond donors (Lipinski definition) is 0. The molecule has 0 amide bonds. The summed E-state index contributed by atoms with van der Waals surface area (Å²) in [6.45, 7) is 6.32. The molecule has 0 bridgehead atoms. The summed E-state index contributed by atoms with van der Waals surface area (Å²) >= 11 is 0. The van der Waals surface area contributed by atoms with E-state index in [9.17, 15) is 0 Å². The molecule has 2 aromatic heterocycles. The molecule has 0 radical (unpaired) electrons. The maximum absolute atomic E-state index is 5.16. The SMILES string of the molecule is C=C(/C=C\C=C/C)C1=NC(n2c3cccc4ccc5c(c43)c2cc2ccn(-c3ccccc3)c25)=CCC1. The van der Waals surface area contributed by atoms with E-state index in [-0.39, 0.29) is 0 Å². The highest BCUT2D eigenvalue weighted by Gasteiger charge is 2.22. The Morgan fingerprint density at radius 3 is 2.65 bits per heavy atom. The van der Waals surface area contributed by atoms with E-state index < -0.39 is 0 Å². The normalized spacial score (nSPS) is 14.6. The third-order valence-electron chi connectivity index (χ3n) is 7.42. The van der Waals surface area contributed by atoms with Crippen molar-refractivity contribution in [1.29, 1.82) is 0 Å². The van der Waals surface area contributed by atoms with Crippen LogP contribution >= 0.6 is 0 Å². The number of aromatic nitrogens is 2. The van der Waals surface area contributed by atoms with Crippen molar-refractivity contribution in [3.05, 3.63) is 122 Å². The summed E-state index contributed by atoms with van der Waals surface area (Å²) in [7, 11) is 0. The molecule has 1 aliphatic heterocycles. The Labute approximate surface area is 216 Å². The van der Waals surface area contributed by atoms with Gasteiger partial charge in [-0.25, -0.2) is 4.99 Å². The largest absolute Gasteiger partial charge is 0.316 e. The fourth-order valence-electron chi connectivity index (χ4n) is 5.77. The molecule has 37 heavy (non-hydrogen) atoms. The topological polar surface area (TPSA) is 22.2 Å². The van der Waals surface area contributed by atoms with Crippen LogP contribution in [-0.4, -0.2) is 14.8 Å². The molecule has 0 fully saturated rings. The summed E-state index contributed by atoms with van der Waals surface area (Å²) in [5.74, 6) is 0.980. The van der Waals surface area contributed by atoms with Gasteiger partial charge in [-0.1, -0.05) is 73.3 Å². The van der Waals surface area contributed by atoms with Crippen LogP contribution in [0.1, 0.15) is 19.8 Å². The zero-order chi connectivity index (χ0) is 24.9. The molecule has 0 unspecified atom stereocenters. The van der Waals surface area contributed by atoms with E-state index in [2.05, 4.69) is 107 Å². The van der Waals surface area contributed by atoms with Gasteiger partial charge in [-0.2, -0.15) is 0 Å². The average molecular weight is 478 g/mol. The summed E-state index contributed by atoms with van der Waals surface area (Å²) in [5.41, 5.74) is 6.83. The van der Waals surface area contributed by atoms with Gasteiger partial charge in [0.15, 0.2) is 0 Å². The zero-order valence-electron chi connectivity index (χ0n) is 20.9. The van der Waals surface area contributed by atoms with Crippen molar-refractivity contribution >= 4 is 55.0 Å².